The third kappa shape index (κ3) is 6.37. The summed E-state index contributed by atoms with van der Waals surface area (Å²) in [6.07, 6.45) is -6.52. The fourth-order valence-corrected chi connectivity index (χ4v) is 5.33. The summed E-state index contributed by atoms with van der Waals surface area (Å²) in [5, 5.41) is 32.4. The molecule has 0 spiro atoms. The van der Waals surface area contributed by atoms with E-state index in [2.05, 4.69) is 36.2 Å². The average Bonchev–Trinajstić information content (AvgIpc) is 3.37. The number of aromatic nitrogens is 3. The van der Waals surface area contributed by atoms with Gasteiger partial charge in [0.2, 0.25) is 5.95 Å². The second-order valence-corrected chi connectivity index (χ2v) is 9.81. The van der Waals surface area contributed by atoms with Gasteiger partial charge in [-0.3, -0.25) is 0 Å². The zero-order chi connectivity index (χ0) is 26.7. The van der Waals surface area contributed by atoms with Gasteiger partial charge in [0.25, 0.3) is 0 Å². The lowest BCUT2D eigenvalue weighted by molar-refractivity contribution is -0.115. The van der Waals surface area contributed by atoms with Crippen molar-refractivity contribution in [2.45, 2.75) is 44.7 Å². The lowest BCUT2D eigenvalue weighted by atomic mass is 10.1. The highest BCUT2D eigenvalue weighted by molar-refractivity contribution is 7.21. The molecule has 1 aliphatic carbocycles. The van der Waals surface area contributed by atoms with Crippen LogP contribution in [0.15, 0.2) is 24.3 Å². The Hall–Kier alpha value is -3.23. The molecule has 1 unspecified atom stereocenters. The fourth-order valence-electron chi connectivity index (χ4n) is 4.26. The number of aliphatic hydroxyl groups excluding tert-OH is 2. The van der Waals surface area contributed by atoms with Gasteiger partial charge in [-0.15, -0.1) is 11.3 Å². The monoisotopic (exact) mass is 539 g/mol. The zero-order valence-corrected chi connectivity index (χ0v) is 21.0. The van der Waals surface area contributed by atoms with Crippen molar-refractivity contribution >= 4 is 39.4 Å². The van der Waals surface area contributed by atoms with Crippen LogP contribution in [0.25, 0.3) is 20.8 Å². The van der Waals surface area contributed by atoms with E-state index in [1.165, 1.54) is 11.3 Å². The first-order valence-corrected chi connectivity index (χ1v) is 12.6. The number of carbonyl (C=O) groups is 1. The minimum atomic E-state index is -4.47. The third-order valence-electron chi connectivity index (χ3n) is 6.03. The maximum Gasteiger partial charge on any atom is 0.405 e. The van der Waals surface area contributed by atoms with E-state index in [1.54, 1.807) is 13.8 Å². The number of fused-ring (bicyclic) bond motifs is 1. The normalized spacial score (nSPS) is 21.7. The predicted molar refractivity (Wildman–Crippen MR) is 135 cm³/mol. The maximum atomic E-state index is 12.8. The standard InChI is InChI=1S/C23H28F3N7O3S/c1-3-27-22(36)28-9-12-8-14(18(35)17(12)34)31-19-16(20-32-13-6-4-5-7-15(13)37-20)11(2)30-21(33-19)29-10-23(24,25)26/h4-7,12,14,17-18,34-35H,3,8-10H2,1-2H3,(H2,27,28,36)(H2,29,30,31,33)/t12-,14?,17-,18+/m1/s1. The van der Waals surface area contributed by atoms with Crippen molar-refractivity contribution < 1.29 is 28.2 Å². The molecule has 1 saturated carbocycles. The van der Waals surface area contributed by atoms with Gasteiger partial charge < -0.3 is 31.5 Å². The summed E-state index contributed by atoms with van der Waals surface area (Å²) in [4.78, 5) is 24.9. The number of hydrogen-bond donors (Lipinski definition) is 6. The van der Waals surface area contributed by atoms with Gasteiger partial charge in [0.1, 0.15) is 23.5 Å². The molecule has 1 aromatic carbocycles. The molecule has 4 atom stereocenters. The van der Waals surface area contributed by atoms with Crippen molar-refractivity contribution in [3.63, 3.8) is 0 Å². The van der Waals surface area contributed by atoms with Crippen LogP contribution in [0, 0.1) is 12.8 Å². The number of carbonyl (C=O) groups excluding carboxylic acids is 1. The highest BCUT2D eigenvalue weighted by Crippen LogP contribution is 2.38. The molecule has 0 radical (unpaired) electrons. The molecule has 200 valence electrons. The van der Waals surface area contributed by atoms with Gasteiger partial charge in [-0.25, -0.2) is 14.8 Å². The Kier molecular flexibility index (Phi) is 7.99. The number of urea groups is 1. The van der Waals surface area contributed by atoms with Crippen LogP contribution in [-0.2, 0) is 0 Å². The Labute approximate surface area is 214 Å². The molecule has 0 saturated heterocycles. The Morgan fingerprint density at radius 1 is 1.14 bits per heavy atom. The maximum absolute atomic E-state index is 12.8. The second kappa shape index (κ2) is 11.0. The molecule has 1 fully saturated rings. The van der Waals surface area contributed by atoms with Gasteiger partial charge in [0.05, 0.1) is 33.6 Å². The van der Waals surface area contributed by atoms with Crippen LogP contribution in [0.4, 0.5) is 29.7 Å². The number of aliphatic hydroxyl groups is 2. The van der Waals surface area contributed by atoms with Crippen LogP contribution in [0.5, 0.6) is 0 Å². The van der Waals surface area contributed by atoms with E-state index in [4.69, 9.17) is 0 Å². The first kappa shape index (κ1) is 26.8. The van der Waals surface area contributed by atoms with Crippen molar-refractivity contribution in [2.75, 3.05) is 30.3 Å². The number of rotatable bonds is 8. The summed E-state index contributed by atoms with van der Waals surface area (Å²) in [7, 11) is 0. The molecule has 10 nitrogen and oxygen atoms in total. The van der Waals surface area contributed by atoms with E-state index >= 15 is 0 Å². The molecule has 14 heteroatoms. The molecule has 2 aromatic heterocycles. The Balaban J connectivity index is 1.63. The zero-order valence-electron chi connectivity index (χ0n) is 20.1. The number of hydrogen-bond acceptors (Lipinski definition) is 9. The Morgan fingerprint density at radius 3 is 2.59 bits per heavy atom. The summed E-state index contributed by atoms with van der Waals surface area (Å²) in [6.45, 7) is 2.68. The van der Waals surface area contributed by atoms with Crippen molar-refractivity contribution in [3.05, 3.63) is 30.0 Å². The number of nitrogens with zero attached hydrogens (tertiary/aromatic N) is 3. The quantitative estimate of drug-likeness (QED) is 0.256. The summed E-state index contributed by atoms with van der Waals surface area (Å²) in [6, 6.07) is 6.41. The van der Waals surface area contributed by atoms with Crippen LogP contribution in [0.3, 0.4) is 0 Å². The van der Waals surface area contributed by atoms with Gasteiger partial charge in [0, 0.05) is 19.0 Å². The number of alkyl halides is 3. The lowest BCUT2D eigenvalue weighted by Gasteiger charge is -2.21. The fraction of sp³-hybridized carbons (Fsp3) is 0.478. The predicted octanol–water partition coefficient (Wildman–Crippen LogP) is 2.88. The first-order valence-electron chi connectivity index (χ1n) is 11.7. The summed E-state index contributed by atoms with van der Waals surface area (Å²) in [5.41, 5.74) is 1.63. The van der Waals surface area contributed by atoms with Gasteiger partial charge >= 0.3 is 12.2 Å². The number of halogens is 3. The Morgan fingerprint density at radius 2 is 1.89 bits per heavy atom. The number of para-hydroxylation sites is 1. The van der Waals surface area contributed by atoms with E-state index in [9.17, 15) is 28.2 Å². The largest absolute Gasteiger partial charge is 0.405 e. The molecule has 2 amide bonds. The third-order valence-corrected chi connectivity index (χ3v) is 7.08. The van der Waals surface area contributed by atoms with Crippen LogP contribution in [-0.4, -0.2) is 75.3 Å². The topological polar surface area (TPSA) is 144 Å². The second-order valence-electron chi connectivity index (χ2n) is 8.78. The number of thiazole rings is 1. The van der Waals surface area contributed by atoms with Crippen molar-refractivity contribution in [3.8, 4) is 10.6 Å². The number of aryl methyl sites for hydroxylation is 1. The van der Waals surface area contributed by atoms with Gasteiger partial charge in [-0.05, 0) is 32.4 Å². The summed E-state index contributed by atoms with van der Waals surface area (Å²) < 4.78 is 39.3. The molecule has 37 heavy (non-hydrogen) atoms. The van der Waals surface area contributed by atoms with Gasteiger partial charge in [-0.2, -0.15) is 18.2 Å². The van der Waals surface area contributed by atoms with Gasteiger partial charge in [0.15, 0.2) is 0 Å². The SMILES string of the molecule is CCNC(=O)NC[C@H]1CC(Nc2nc(NCC(F)(F)F)nc(C)c2-c2nc3ccccc3s2)[C@H](O)[C@@H]1O. The molecular formula is C23H28F3N7O3S. The van der Waals surface area contributed by atoms with Crippen molar-refractivity contribution in [2.24, 2.45) is 5.92 Å². The number of nitrogens with one attached hydrogen (secondary N) is 4. The molecule has 0 aliphatic heterocycles. The smallest absolute Gasteiger partial charge is 0.390 e. The van der Waals surface area contributed by atoms with Crippen molar-refractivity contribution in [1.82, 2.24) is 25.6 Å². The molecule has 3 aromatic rings. The number of benzene rings is 1. The highest BCUT2D eigenvalue weighted by Gasteiger charge is 2.42. The molecule has 6 N–H and O–H groups in total. The van der Waals surface area contributed by atoms with Crippen LogP contribution >= 0.6 is 11.3 Å². The summed E-state index contributed by atoms with van der Waals surface area (Å²) in [5.74, 6) is -0.499. The average molecular weight is 540 g/mol. The minimum absolute atomic E-state index is 0.133. The first-order chi connectivity index (χ1) is 17.6. The molecule has 1 aliphatic rings. The van der Waals surface area contributed by atoms with Crippen molar-refractivity contribution in [1.29, 1.82) is 0 Å². The molecular weight excluding hydrogens is 511 g/mol. The minimum Gasteiger partial charge on any atom is -0.390 e. The van der Waals surface area contributed by atoms with Crippen LogP contribution < -0.4 is 21.3 Å². The summed E-state index contributed by atoms with van der Waals surface area (Å²) >= 11 is 1.38. The highest BCUT2D eigenvalue weighted by atomic mass is 32.1. The van der Waals surface area contributed by atoms with E-state index in [1.807, 2.05) is 24.3 Å². The Bertz CT molecular complexity index is 1220. The van der Waals surface area contributed by atoms with Gasteiger partial charge in [-0.1, -0.05) is 12.1 Å². The van der Waals surface area contributed by atoms with E-state index in [0.29, 0.717) is 22.8 Å². The van der Waals surface area contributed by atoms with E-state index in [-0.39, 0.29) is 30.8 Å². The molecule has 4 rings (SSSR count). The molecule has 0 bridgehead atoms. The van der Waals surface area contributed by atoms with Crippen LogP contribution in [0.1, 0.15) is 19.0 Å². The number of anilines is 2. The number of amides is 2. The molecule has 2 heterocycles. The van der Waals surface area contributed by atoms with Crippen LogP contribution in [0.2, 0.25) is 0 Å². The van der Waals surface area contributed by atoms with E-state index in [0.717, 1.165) is 10.2 Å². The van der Waals surface area contributed by atoms with E-state index < -0.39 is 36.9 Å². The lowest BCUT2D eigenvalue weighted by Crippen LogP contribution is -2.41.